The maximum Gasteiger partial charge on any atom is 0.251 e. The van der Waals surface area contributed by atoms with Crippen molar-refractivity contribution in [1.29, 1.82) is 0 Å². The number of carbonyl (C=O) groups is 1. The van der Waals surface area contributed by atoms with Crippen molar-refractivity contribution in [2.75, 3.05) is 19.5 Å². The normalized spacial score (nSPS) is 12.5. The fourth-order valence-electron chi connectivity index (χ4n) is 1.61. The molecule has 0 aliphatic carbocycles. The molecule has 0 heterocycles. The molecule has 0 bridgehead atoms. The molecule has 1 unspecified atom stereocenters. The number of benzene rings is 1. The molecule has 0 spiro atoms. The summed E-state index contributed by atoms with van der Waals surface area (Å²) in [5.74, 6) is 0.203. The van der Waals surface area contributed by atoms with Gasteiger partial charge in [0.1, 0.15) is 0 Å². The van der Waals surface area contributed by atoms with Crippen molar-refractivity contribution in [3.05, 3.63) is 29.3 Å². The van der Waals surface area contributed by atoms with Crippen molar-refractivity contribution in [2.45, 2.75) is 26.8 Å². The van der Waals surface area contributed by atoms with Gasteiger partial charge in [-0.1, -0.05) is 19.9 Å². The molecule has 4 nitrogen and oxygen atoms in total. The first-order valence-electron chi connectivity index (χ1n) is 6.11. The van der Waals surface area contributed by atoms with E-state index in [-0.39, 0.29) is 11.9 Å². The van der Waals surface area contributed by atoms with Crippen LogP contribution in [0.1, 0.15) is 29.8 Å². The monoisotopic (exact) mass is 250 g/mol. The Morgan fingerprint density at radius 1 is 1.44 bits per heavy atom. The number of ether oxygens (including phenoxy) is 1. The molecule has 4 heteroatoms. The maximum atomic E-state index is 12.1. The van der Waals surface area contributed by atoms with E-state index in [9.17, 15) is 4.79 Å². The standard InChI is InChI=1S/C14H22N2O2/c1-9(2)13(8-18-4)16-14(17)11-6-5-10(3)12(15)7-11/h5-7,9,13H,8,15H2,1-4H3,(H,16,17). The smallest absolute Gasteiger partial charge is 0.251 e. The van der Waals surface area contributed by atoms with Crippen LogP contribution in [-0.4, -0.2) is 25.7 Å². The van der Waals surface area contributed by atoms with E-state index in [0.717, 1.165) is 5.56 Å². The molecule has 0 radical (unpaired) electrons. The van der Waals surface area contributed by atoms with Gasteiger partial charge in [-0.2, -0.15) is 0 Å². The van der Waals surface area contributed by atoms with E-state index in [1.165, 1.54) is 0 Å². The zero-order chi connectivity index (χ0) is 13.7. The summed E-state index contributed by atoms with van der Waals surface area (Å²) >= 11 is 0. The molecule has 1 amide bonds. The first-order valence-corrected chi connectivity index (χ1v) is 6.11. The van der Waals surface area contributed by atoms with Gasteiger partial charge in [-0.15, -0.1) is 0 Å². The van der Waals surface area contributed by atoms with Gasteiger partial charge in [0.2, 0.25) is 0 Å². The number of hydrogen-bond donors (Lipinski definition) is 2. The number of carbonyl (C=O) groups excluding carboxylic acids is 1. The lowest BCUT2D eigenvalue weighted by Gasteiger charge is -2.21. The SMILES string of the molecule is COCC(NC(=O)c1ccc(C)c(N)c1)C(C)C. The molecular formula is C14H22N2O2. The lowest BCUT2D eigenvalue weighted by molar-refractivity contribution is 0.0866. The second-order valence-electron chi connectivity index (χ2n) is 4.85. The van der Waals surface area contributed by atoms with Crippen molar-refractivity contribution < 1.29 is 9.53 Å². The molecule has 0 saturated carbocycles. The number of nitrogens with one attached hydrogen (secondary N) is 1. The zero-order valence-electron chi connectivity index (χ0n) is 11.5. The van der Waals surface area contributed by atoms with Gasteiger partial charge < -0.3 is 15.8 Å². The van der Waals surface area contributed by atoms with Gasteiger partial charge in [-0.25, -0.2) is 0 Å². The molecule has 1 atom stereocenters. The molecule has 1 aromatic rings. The molecule has 0 aliphatic rings. The Hall–Kier alpha value is -1.55. The lowest BCUT2D eigenvalue weighted by Crippen LogP contribution is -2.41. The molecule has 18 heavy (non-hydrogen) atoms. The predicted molar refractivity (Wildman–Crippen MR) is 73.6 cm³/mol. The molecule has 0 aromatic heterocycles. The van der Waals surface area contributed by atoms with E-state index < -0.39 is 0 Å². The van der Waals surface area contributed by atoms with Crippen LogP contribution in [0.4, 0.5) is 5.69 Å². The second-order valence-corrected chi connectivity index (χ2v) is 4.85. The third kappa shape index (κ3) is 3.74. The van der Waals surface area contributed by atoms with Gasteiger partial charge in [0, 0.05) is 18.4 Å². The third-order valence-corrected chi connectivity index (χ3v) is 3.01. The summed E-state index contributed by atoms with van der Waals surface area (Å²) in [5.41, 5.74) is 8.00. The molecule has 1 aromatic carbocycles. The van der Waals surface area contributed by atoms with E-state index >= 15 is 0 Å². The summed E-state index contributed by atoms with van der Waals surface area (Å²) in [6, 6.07) is 5.34. The Morgan fingerprint density at radius 2 is 2.11 bits per heavy atom. The summed E-state index contributed by atoms with van der Waals surface area (Å²) in [7, 11) is 1.63. The highest BCUT2D eigenvalue weighted by atomic mass is 16.5. The van der Waals surface area contributed by atoms with Crippen molar-refractivity contribution in [3.63, 3.8) is 0 Å². The van der Waals surface area contributed by atoms with Gasteiger partial charge in [-0.3, -0.25) is 4.79 Å². The highest BCUT2D eigenvalue weighted by Crippen LogP contribution is 2.13. The van der Waals surface area contributed by atoms with Crippen LogP contribution >= 0.6 is 0 Å². The van der Waals surface area contributed by atoms with Crippen LogP contribution < -0.4 is 11.1 Å². The molecule has 1 rings (SSSR count). The number of amides is 1. The number of hydrogen-bond acceptors (Lipinski definition) is 3. The predicted octanol–water partition coefficient (Wildman–Crippen LogP) is 1.98. The molecule has 0 saturated heterocycles. The van der Waals surface area contributed by atoms with E-state index in [1.807, 2.05) is 26.8 Å². The van der Waals surface area contributed by atoms with E-state index in [2.05, 4.69) is 5.32 Å². The highest BCUT2D eigenvalue weighted by molar-refractivity contribution is 5.95. The molecule has 0 aliphatic heterocycles. The summed E-state index contributed by atoms with van der Waals surface area (Å²) in [5, 5.41) is 2.96. The summed E-state index contributed by atoms with van der Waals surface area (Å²) < 4.78 is 5.11. The Kier molecular flexibility index (Phi) is 5.16. The van der Waals surface area contributed by atoms with Crippen molar-refractivity contribution in [1.82, 2.24) is 5.32 Å². The van der Waals surface area contributed by atoms with Crippen LogP contribution in [0.25, 0.3) is 0 Å². The maximum absolute atomic E-state index is 12.1. The van der Waals surface area contributed by atoms with Crippen LogP contribution in [-0.2, 0) is 4.74 Å². The van der Waals surface area contributed by atoms with Crippen LogP contribution in [0.5, 0.6) is 0 Å². The van der Waals surface area contributed by atoms with E-state index in [1.54, 1.807) is 19.2 Å². The fourth-order valence-corrected chi connectivity index (χ4v) is 1.61. The zero-order valence-corrected chi connectivity index (χ0v) is 11.5. The minimum absolute atomic E-state index is 0.00466. The van der Waals surface area contributed by atoms with Crippen molar-refractivity contribution >= 4 is 11.6 Å². The number of rotatable bonds is 5. The highest BCUT2D eigenvalue weighted by Gasteiger charge is 2.17. The summed E-state index contributed by atoms with van der Waals surface area (Å²) in [6.45, 7) is 6.52. The first-order chi connectivity index (χ1) is 8.45. The number of aryl methyl sites for hydroxylation is 1. The van der Waals surface area contributed by atoms with Crippen LogP contribution in [0.3, 0.4) is 0 Å². The Morgan fingerprint density at radius 3 is 2.61 bits per heavy atom. The minimum Gasteiger partial charge on any atom is -0.398 e. The second kappa shape index (κ2) is 6.40. The van der Waals surface area contributed by atoms with Gasteiger partial charge in [0.15, 0.2) is 0 Å². The van der Waals surface area contributed by atoms with E-state index in [0.29, 0.717) is 23.8 Å². The van der Waals surface area contributed by atoms with E-state index in [4.69, 9.17) is 10.5 Å². The van der Waals surface area contributed by atoms with Crippen molar-refractivity contribution in [3.8, 4) is 0 Å². The van der Waals surface area contributed by atoms with Crippen molar-refractivity contribution in [2.24, 2.45) is 5.92 Å². The minimum atomic E-state index is -0.113. The summed E-state index contributed by atoms with van der Waals surface area (Å²) in [6.07, 6.45) is 0. The van der Waals surface area contributed by atoms with Gasteiger partial charge in [0.25, 0.3) is 5.91 Å². The number of anilines is 1. The largest absolute Gasteiger partial charge is 0.398 e. The third-order valence-electron chi connectivity index (χ3n) is 3.01. The first kappa shape index (κ1) is 14.5. The fraction of sp³-hybridized carbons (Fsp3) is 0.500. The van der Waals surface area contributed by atoms with Gasteiger partial charge in [0.05, 0.1) is 12.6 Å². The van der Waals surface area contributed by atoms with Gasteiger partial charge >= 0.3 is 0 Å². The molecule has 100 valence electrons. The van der Waals surface area contributed by atoms with Gasteiger partial charge in [-0.05, 0) is 30.5 Å². The van der Waals surface area contributed by atoms with Crippen LogP contribution in [0.15, 0.2) is 18.2 Å². The Labute approximate surface area is 109 Å². The number of nitrogens with two attached hydrogens (primary N) is 1. The van der Waals surface area contributed by atoms with Crippen LogP contribution in [0.2, 0.25) is 0 Å². The van der Waals surface area contributed by atoms with Crippen LogP contribution in [0, 0.1) is 12.8 Å². The topological polar surface area (TPSA) is 64.3 Å². The average molecular weight is 250 g/mol. The average Bonchev–Trinajstić information content (AvgIpc) is 2.31. The molecule has 3 N–H and O–H groups in total. The quantitative estimate of drug-likeness (QED) is 0.785. The molecular weight excluding hydrogens is 228 g/mol. The Balaban J connectivity index is 2.77. The molecule has 0 fully saturated rings. The number of methoxy groups -OCH3 is 1. The Bertz CT molecular complexity index is 416. The summed E-state index contributed by atoms with van der Waals surface area (Å²) in [4.78, 5) is 12.1. The lowest BCUT2D eigenvalue weighted by atomic mass is 10.0. The number of nitrogen functional groups attached to an aromatic ring is 1.